The van der Waals surface area contributed by atoms with Crippen molar-refractivity contribution in [2.75, 3.05) is 0 Å². The van der Waals surface area contributed by atoms with Gasteiger partial charge in [0.15, 0.2) is 0 Å². The lowest BCUT2D eigenvalue weighted by Crippen LogP contribution is -2.17. The first-order valence-electron chi connectivity index (χ1n) is 17.6. The lowest BCUT2D eigenvalue weighted by atomic mass is 9.96. The van der Waals surface area contributed by atoms with Gasteiger partial charge in [0.2, 0.25) is 0 Å². The van der Waals surface area contributed by atoms with Crippen molar-refractivity contribution in [1.29, 1.82) is 0 Å². The zero-order valence-electron chi connectivity index (χ0n) is 32.0. The third-order valence-electron chi connectivity index (χ3n) is 9.40. The highest BCUT2D eigenvalue weighted by atomic mass is 32.2. The van der Waals surface area contributed by atoms with Gasteiger partial charge >= 0.3 is 0 Å². The van der Waals surface area contributed by atoms with Crippen molar-refractivity contribution in [1.82, 2.24) is 0 Å². The van der Waals surface area contributed by atoms with E-state index in [4.69, 9.17) is 0 Å². The summed E-state index contributed by atoms with van der Waals surface area (Å²) < 4.78 is 208. The standard InChI is InChI=1S/C38H32O18P2S6/c39-59(40,41)31-9-1-5-27(19-31)57(28-6-2-10-32(20-28)60(42,43)44)23-25-17-35(63(51,52)53)13-15-37(25)38-16-14-36(64(54,55)56)18-26(38)24-58(29-7-3-11-33(21-29)61(45,46)47)30-8-4-12-34(22-30)62(48,49)50/h1-22H,23-24H2,(H,39,40,41)(H,42,43,44)(H,45,46,47)(H,48,49,50)(H,51,52,53)(H,54,55,56). The summed E-state index contributed by atoms with van der Waals surface area (Å²) in [4.78, 5) is -3.57. The Bertz CT molecular complexity index is 3140. The van der Waals surface area contributed by atoms with Crippen LogP contribution in [0, 0.1) is 0 Å². The first-order valence-corrected chi connectivity index (χ1v) is 29.3. The molecule has 6 aromatic rings. The summed E-state index contributed by atoms with van der Waals surface area (Å²) in [6.45, 7) is 0. The van der Waals surface area contributed by atoms with E-state index < -0.39 is 106 Å². The fourth-order valence-electron chi connectivity index (χ4n) is 6.50. The maximum atomic E-state index is 12.6. The molecule has 0 aliphatic carbocycles. The van der Waals surface area contributed by atoms with Crippen LogP contribution in [-0.4, -0.2) is 77.8 Å². The molecule has 0 amide bonds. The van der Waals surface area contributed by atoms with Crippen molar-refractivity contribution in [3.05, 3.63) is 145 Å². The third kappa shape index (κ3) is 11.7. The molecule has 26 heteroatoms. The molecule has 0 aromatic heterocycles. The highest BCUT2D eigenvalue weighted by Crippen LogP contribution is 2.46. The van der Waals surface area contributed by atoms with Gasteiger partial charge < -0.3 is 0 Å². The molecule has 0 spiro atoms. The van der Waals surface area contributed by atoms with Gasteiger partial charge in [-0.1, -0.05) is 60.7 Å². The monoisotopic (exact) mass is 1030 g/mol. The second kappa shape index (κ2) is 18.1. The van der Waals surface area contributed by atoms with Crippen LogP contribution in [0.2, 0.25) is 0 Å². The largest absolute Gasteiger partial charge is 0.294 e. The minimum atomic E-state index is -4.97. The molecular weight excluding hydrogens is 999 g/mol. The van der Waals surface area contributed by atoms with E-state index in [2.05, 4.69) is 0 Å². The molecule has 0 unspecified atom stereocenters. The van der Waals surface area contributed by atoms with Crippen molar-refractivity contribution in [3.8, 4) is 11.1 Å². The van der Waals surface area contributed by atoms with Crippen LogP contribution in [0.25, 0.3) is 11.1 Å². The van der Waals surface area contributed by atoms with E-state index >= 15 is 0 Å². The van der Waals surface area contributed by atoms with Gasteiger partial charge in [-0.2, -0.15) is 50.5 Å². The van der Waals surface area contributed by atoms with E-state index in [1.165, 1.54) is 60.7 Å². The molecule has 0 saturated carbocycles. The molecule has 64 heavy (non-hydrogen) atoms. The second-order valence-electron chi connectivity index (χ2n) is 13.7. The van der Waals surface area contributed by atoms with Crippen molar-refractivity contribution in [2.24, 2.45) is 0 Å². The lowest BCUT2D eigenvalue weighted by molar-refractivity contribution is 0.481. The van der Waals surface area contributed by atoms with Crippen LogP contribution in [0.5, 0.6) is 0 Å². The summed E-state index contributed by atoms with van der Waals surface area (Å²) in [6, 6.07) is 26.1. The van der Waals surface area contributed by atoms with Crippen molar-refractivity contribution < 1.29 is 77.8 Å². The van der Waals surface area contributed by atoms with Crippen molar-refractivity contribution in [3.63, 3.8) is 0 Å². The molecule has 0 saturated heterocycles. The van der Waals surface area contributed by atoms with Crippen LogP contribution in [0.1, 0.15) is 11.1 Å². The molecule has 0 fully saturated rings. The molecule has 0 radical (unpaired) electrons. The van der Waals surface area contributed by atoms with E-state index in [1.807, 2.05) is 0 Å². The molecular formula is C38H32O18P2S6. The molecule has 0 aliphatic rings. The first kappa shape index (κ1) is 49.1. The average Bonchev–Trinajstić information content (AvgIpc) is 3.20. The van der Waals surface area contributed by atoms with E-state index in [-0.39, 0.29) is 55.8 Å². The topological polar surface area (TPSA) is 326 Å². The molecule has 0 bridgehead atoms. The molecule has 0 aliphatic heterocycles. The van der Waals surface area contributed by atoms with E-state index in [0.29, 0.717) is 0 Å². The van der Waals surface area contributed by atoms with Gasteiger partial charge in [0.1, 0.15) is 0 Å². The smallest absolute Gasteiger partial charge is 0.282 e. The molecule has 338 valence electrons. The molecule has 6 N–H and O–H groups in total. The SMILES string of the molecule is O=S(=O)(O)c1cccc(P(Cc2cc(S(=O)(=O)O)ccc2-c2ccc(S(=O)(=O)O)cc2CP(c2cccc(S(=O)(=O)O)c2)c2cccc(S(=O)(=O)O)c2)c2cccc(S(=O)(=O)O)c2)c1. The summed E-state index contributed by atoms with van der Waals surface area (Å²) in [6.07, 6.45) is -0.641. The fraction of sp³-hybridized carbons (Fsp3) is 0.0526. The van der Waals surface area contributed by atoms with Crippen molar-refractivity contribution in [2.45, 2.75) is 41.7 Å². The molecule has 0 atom stereocenters. The van der Waals surface area contributed by atoms with Gasteiger partial charge in [0, 0.05) is 12.3 Å². The van der Waals surface area contributed by atoms with Gasteiger partial charge in [0.05, 0.1) is 29.4 Å². The Labute approximate surface area is 370 Å². The average molecular weight is 1030 g/mol. The predicted molar refractivity (Wildman–Crippen MR) is 236 cm³/mol. The Kier molecular flexibility index (Phi) is 13.9. The number of hydrogen-bond donors (Lipinski definition) is 6. The van der Waals surface area contributed by atoms with Gasteiger partial charge in [-0.3, -0.25) is 27.3 Å². The van der Waals surface area contributed by atoms with Crippen LogP contribution in [0.15, 0.2) is 163 Å². The number of benzene rings is 6. The minimum absolute atomic E-state index is 0.0441. The first-order chi connectivity index (χ1) is 29.5. The van der Waals surface area contributed by atoms with Crippen molar-refractivity contribution >= 4 is 97.8 Å². The van der Waals surface area contributed by atoms with Gasteiger partial charge in [-0.05, 0) is 132 Å². The van der Waals surface area contributed by atoms with Crippen LogP contribution >= 0.6 is 15.8 Å². The Hall–Kier alpha value is -4.36. The van der Waals surface area contributed by atoms with Crippen LogP contribution in [0.3, 0.4) is 0 Å². The van der Waals surface area contributed by atoms with Gasteiger partial charge in [0.25, 0.3) is 60.7 Å². The Morgan fingerprint density at radius 2 is 0.516 bits per heavy atom. The quantitative estimate of drug-likeness (QED) is 0.0623. The lowest BCUT2D eigenvalue weighted by Gasteiger charge is -2.24. The molecule has 18 nitrogen and oxygen atoms in total. The third-order valence-corrected chi connectivity index (χ3v) is 19.4. The zero-order chi connectivity index (χ0) is 47.2. The van der Waals surface area contributed by atoms with Crippen LogP contribution in [-0.2, 0) is 73.0 Å². The summed E-state index contributed by atoms with van der Waals surface area (Å²) in [7, 11) is -33.4. The zero-order valence-corrected chi connectivity index (χ0v) is 38.7. The summed E-state index contributed by atoms with van der Waals surface area (Å²) in [5.74, 6) is 0. The maximum absolute atomic E-state index is 12.6. The van der Waals surface area contributed by atoms with E-state index in [0.717, 1.165) is 72.8 Å². The van der Waals surface area contributed by atoms with Gasteiger partial charge in [-0.25, -0.2) is 0 Å². The van der Waals surface area contributed by atoms with Gasteiger partial charge in [-0.15, -0.1) is 0 Å². The normalized spacial score (nSPS) is 13.1. The Morgan fingerprint density at radius 3 is 0.734 bits per heavy atom. The minimum Gasteiger partial charge on any atom is -0.282 e. The molecule has 0 heterocycles. The maximum Gasteiger partial charge on any atom is 0.294 e. The molecule has 6 rings (SSSR count). The summed E-state index contributed by atoms with van der Waals surface area (Å²) in [5.41, 5.74) is 0.314. The number of hydrogen-bond acceptors (Lipinski definition) is 12. The fourth-order valence-corrected chi connectivity index (χ4v) is 14.8. The highest BCUT2D eigenvalue weighted by Gasteiger charge is 2.27. The summed E-state index contributed by atoms with van der Waals surface area (Å²) in [5, 5.41) is 0.680. The summed E-state index contributed by atoms with van der Waals surface area (Å²) >= 11 is 0. The predicted octanol–water partition coefficient (Wildman–Crippen LogP) is 4.10. The second-order valence-corrected chi connectivity index (χ2v) is 26.6. The Balaban J connectivity index is 1.65. The highest BCUT2D eigenvalue weighted by molar-refractivity contribution is 7.87. The Morgan fingerprint density at radius 1 is 0.297 bits per heavy atom. The van der Waals surface area contributed by atoms with E-state index in [1.54, 1.807) is 0 Å². The van der Waals surface area contributed by atoms with E-state index in [9.17, 15) is 77.8 Å². The van der Waals surface area contributed by atoms with Crippen LogP contribution in [0.4, 0.5) is 0 Å². The van der Waals surface area contributed by atoms with Crippen LogP contribution < -0.4 is 21.2 Å². The number of rotatable bonds is 15. The molecule has 6 aromatic carbocycles.